The predicted octanol–water partition coefficient (Wildman–Crippen LogP) is 1.90. The fourth-order valence-electron chi connectivity index (χ4n) is 0.953. The van der Waals surface area contributed by atoms with E-state index in [-0.39, 0.29) is 40.5 Å². The van der Waals surface area contributed by atoms with Gasteiger partial charge in [-0.25, -0.2) is 0 Å². The summed E-state index contributed by atoms with van der Waals surface area (Å²) < 4.78 is 0. The maximum Gasteiger partial charge on any atom is 0.306 e. The second-order valence-electron chi connectivity index (χ2n) is 2.59. The molecule has 0 spiro atoms. The van der Waals surface area contributed by atoms with Gasteiger partial charge >= 0.3 is 5.97 Å². The van der Waals surface area contributed by atoms with E-state index in [1.54, 1.807) is 0 Å². The average Bonchev–Trinajstić information content (AvgIpc) is 1.89. The number of carboxylic acids is 1. The standard InChI is InChI=1S/C8H16O2.B.Zr/c1-3-5-6-7(4-2)8(9)10;;/h7H,3-6H2,1-2H3,(H,9,10);;. The number of hydrogen-bond acceptors (Lipinski definition) is 1. The molecule has 0 aliphatic heterocycles. The van der Waals surface area contributed by atoms with Crippen LogP contribution in [0.1, 0.15) is 39.5 Å². The molecule has 0 saturated heterocycles. The Hall–Kier alpha value is 0.418. The van der Waals surface area contributed by atoms with Gasteiger partial charge in [-0.05, 0) is 12.8 Å². The number of aliphatic carboxylic acids is 1. The summed E-state index contributed by atoms with van der Waals surface area (Å²) in [4.78, 5) is 10.4. The van der Waals surface area contributed by atoms with Gasteiger partial charge in [-0.15, -0.1) is 0 Å². The quantitative estimate of drug-likeness (QED) is 0.752. The van der Waals surface area contributed by atoms with Crippen LogP contribution in [0.15, 0.2) is 0 Å². The Balaban J connectivity index is -0.000000405. The molecule has 12 heavy (non-hydrogen) atoms. The number of hydrogen-bond donors (Lipinski definition) is 1. The van der Waals surface area contributed by atoms with Gasteiger partial charge in [0, 0.05) is 34.6 Å². The van der Waals surface area contributed by atoms with E-state index in [4.69, 9.17) is 5.11 Å². The molecule has 0 aromatic rings. The van der Waals surface area contributed by atoms with Crippen molar-refractivity contribution in [2.75, 3.05) is 0 Å². The molecule has 0 aliphatic rings. The molecular formula is C8H16BO2Zr. The summed E-state index contributed by atoms with van der Waals surface area (Å²) in [5.74, 6) is -0.754. The number of rotatable bonds is 5. The maximum atomic E-state index is 10.4. The van der Waals surface area contributed by atoms with Crippen LogP contribution in [0.2, 0.25) is 0 Å². The molecule has 0 aliphatic carbocycles. The van der Waals surface area contributed by atoms with Gasteiger partial charge in [0.05, 0.1) is 5.92 Å². The van der Waals surface area contributed by atoms with E-state index < -0.39 is 5.97 Å². The fraction of sp³-hybridized carbons (Fsp3) is 0.875. The van der Waals surface area contributed by atoms with Crippen molar-refractivity contribution in [3.05, 3.63) is 0 Å². The molecule has 3 radical (unpaired) electrons. The predicted molar refractivity (Wildman–Crippen MR) is 46.7 cm³/mol. The summed E-state index contributed by atoms with van der Waals surface area (Å²) >= 11 is 0. The molecule has 0 bridgehead atoms. The van der Waals surface area contributed by atoms with Crippen LogP contribution in [0.5, 0.6) is 0 Å². The number of carboxylic acid groups (broad SMARTS) is 1. The molecule has 0 aromatic heterocycles. The smallest absolute Gasteiger partial charge is 0.306 e. The van der Waals surface area contributed by atoms with Crippen molar-refractivity contribution in [3.63, 3.8) is 0 Å². The summed E-state index contributed by atoms with van der Waals surface area (Å²) in [5, 5.41) is 8.60. The van der Waals surface area contributed by atoms with Gasteiger partial charge in [0.2, 0.25) is 0 Å². The van der Waals surface area contributed by atoms with Crippen molar-refractivity contribution in [2.45, 2.75) is 39.5 Å². The van der Waals surface area contributed by atoms with Gasteiger partial charge in [0.15, 0.2) is 0 Å². The average molecular weight is 246 g/mol. The van der Waals surface area contributed by atoms with E-state index in [1.165, 1.54) is 0 Å². The Morgan fingerprint density at radius 1 is 1.42 bits per heavy atom. The van der Waals surface area contributed by atoms with Gasteiger partial charge in [0.25, 0.3) is 0 Å². The van der Waals surface area contributed by atoms with Crippen molar-refractivity contribution in [1.29, 1.82) is 0 Å². The van der Waals surface area contributed by atoms with Crippen LogP contribution in [0.25, 0.3) is 0 Å². The second-order valence-corrected chi connectivity index (χ2v) is 2.59. The van der Waals surface area contributed by atoms with E-state index in [0.29, 0.717) is 0 Å². The van der Waals surface area contributed by atoms with Crippen LogP contribution in [-0.2, 0) is 31.0 Å². The Morgan fingerprint density at radius 2 is 1.92 bits per heavy atom. The third kappa shape index (κ3) is 8.51. The van der Waals surface area contributed by atoms with Crippen molar-refractivity contribution in [3.8, 4) is 0 Å². The molecule has 0 amide bonds. The van der Waals surface area contributed by atoms with Gasteiger partial charge in [0.1, 0.15) is 0 Å². The van der Waals surface area contributed by atoms with Crippen molar-refractivity contribution >= 4 is 14.4 Å². The molecule has 67 valence electrons. The van der Waals surface area contributed by atoms with E-state index in [9.17, 15) is 4.79 Å². The molecular weight excluding hydrogens is 230 g/mol. The zero-order valence-corrected chi connectivity index (χ0v) is 10.3. The summed E-state index contributed by atoms with van der Waals surface area (Å²) in [7, 11) is 0. The largest absolute Gasteiger partial charge is 0.481 e. The minimum Gasteiger partial charge on any atom is -0.481 e. The first-order chi connectivity index (χ1) is 4.72. The van der Waals surface area contributed by atoms with Crippen LogP contribution < -0.4 is 0 Å². The van der Waals surface area contributed by atoms with Crippen LogP contribution in [0.4, 0.5) is 0 Å². The number of unbranched alkanes of at least 4 members (excludes halogenated alkanes) is 1. The monoisotopic (exact) mass is 245 g/mol. The van der Waals surface area contributed by atoms with E-state index in [2.05, 4.69) is 6.92 Å². The molecule has 0 heterocycles. The molecule has 1 unspecified atom stereocenters. The molecule has 0 saturated carbocycles. The molecule has 1 atom stereocenters. The summed E-state index contributed by atoms with van der Waals surface area (Å²) in [5.41, 5.74) is 0. The zero-order chi connectivity index (χ0) is 7.98. The summed E-state index contributed by atoms with van der Waals surface area (Å²) in [6.07, 6.45) is 3.71. The van der Waals surface area contributed by atoms with Gasteiger partial charge in [-0.1, -0.05) is 26.7 Å². The Labute approximate surface area is 95.8 Å². The summed E-state index contributed by atoms with van der Waals surface area (Å²) in [6, 6.07) is 0. The minimum absolute atomic E-state index is 0. The SMILES string of the molecule is CCCCC(CC)C(=O)O.[B].[Zr]. The third-order valence-electron chi connectivity index (χ3n) is 1.75. The second kappa shape index (κ2) is 11.4. The van der Waals surface area contributed by atoms with Gasteiger partial charge < -0.3 is 5.11 Å². The van der Waals surface area contributed by atoms with Gasteiger partial charge in [-0.3, -0.25) is 4.79 Å². The zero-order valence-electron chi connectivity index (χ0n) is 7.84. The fourth-order valence-corrected chi connectivity index (χ4v) is 0.953. The van der Waals surface area contributed by atoms with Crippen LogP contribution in [0.3, 0.4) is 0 Å². The molecule has 2 nitrogen and oxygen atoms in total. The number of carbonyl (C=O) groups is 1. The van der Waals surface area contributed by atoms with Crippen molar-refractivity contribution < 1.29 is 36.1 Å². The normalized spacial score (nSPS) is 10.8. The Morgan fingerprint density at radius 3 is 2.17 bits per heavy atom. The first-order valence-electron chi connectivity index (χ1n) is 3.95. The molecule has 0 fully saturated rings. The van der Waals surface area contributed by atoms with Crippen molar-refractivity contribution in [2.24, 2.45) is 5.92 Å². The Bertz CT molecular complexity index is 109. The van der Waals surface area contributed by atoms with Crippen LogP contribution in [-0.4, -0.2) is 19.5 Å². The van der Waals surface area contributed by atoms with E-state index in [1.807, 2.05) is 6.92 Å². The molecule has 0 rings (SSSR count). The van der Waals surface area contributed by atoms with E-state index in [0.717, 1.165) is 25.7 Å². The first kappa shape index (κ1) is 18.3. The topological polar surface area (TPSA) is 37.3 Å². The minimum atomic E-state index is -0.643. The maximum absolute atomic E-state index is 10.4. The van der Waals surface area contributed by atoms with E-state index >= 15 is 0 Å². The Kier molecular flexibility index (Phi) is 17.4. The summed E-state index contributed by atoms with van der Waals surface area (Å²) in [6.45, 7) is 4.00. The third-order valence-corrected chi connectivity index (χ3v) is 1.75. The van der Waals surface area contributed by atoms with Crippen molar-refractivity contribution in [1.82, 2.24) is 0 Å². The van der Waals surface area contributed by atoms with Crippen LogP contribution in [0, 0.1) is 5.92 Å². The van der Waals surface area contributed by atoms with Crippen LogP contribution >= 0.6 is 0 Å². The first-order valence-corrected chi connectivity index (χ1v) is 3.95. The molecule has 4 heteroatoms. The molecule has 0 aromatic carbocycles. The van der Waals surface area contributed by atoms with Gasteiger partial charge in [-0.2, -0.15) is 0 Å². The molecule has 1 N–H and O–H groups in total.